The number of hydrogen-bond acceptors (Lipinski definition) is 4. The Kier molecular flexibility index (Phi) is 8.37. The maximum atomic E-state index is 11.4. The number of hydrogen-bond donors (Lipinski definition) is 2. The maximum Gasteiger partial charge on any atom is 0.238 e. The summed E-state index contributed by atoms with van der Waals surface area (Å²) in [5, 5.41) is 5.93. The Balaban J connectivity index is 0.00000169. The largest absolute Gasteiger partial charge is 0.380 e. The zero-order valence-electron chi connectivity index (χ0n) is 8.25. The minimum atomic E-state index is -0.00775. The SMILES string of the molecule is CCOCCNC(=O)C1CSCN1.Cl. The fourth-order valence-corrected chi connectivity index (χ4v) is 2.02. The van der Waals surface area contributed by atoms with E-state index >= 15 is 0 Å². The number of carbonyl (C=O) groups is 1. The van der Waals surface area contributed by atoms with E-state index in [1.54, 1.807) is 11.8 Å². The van der Waals surface area contributed by atoms with Gasteiger partial charge in [0.1, 0.15) is 0 Å². The highest BCUT2D eigenvalue weighted by atomic mass is 35.5. The normalized spacial score (nSPS) is 20.2. The molecule has 0 aromatic rings. The lowest BCUT2D eigenvalue weighted by molar-refractivity contribution is -0.122. The van der Waals surface area contributed by atoms with E-state index in [2.05, 4.69) is 10.6 Å². The van der Waals surface area contributed by atoms with Gasteiger partial charge in [-0.1, -0.05) is 0 Å². The fourth-order valence-electron chi connectivity index (χ4n) is 1.08. The summed E-state index contributed by atoms with van der Waals surface area (Å²) in [7, 11) is 0. The van der Waals surface area contributed by atoms with Crippen molar-refractivity contribution in [2.45, 2.75) is 13.0 Å². The van der Waals surface area contributed by atoms with Gasteiger partial charge in [-0.2, -0.15) is 0 Å². The molecule has 1 heterocycles. The van der Waals surface area contributed by atoms with Crippen molar-refractivity contribution in [2.75, 3.05) is 31.4 Å². The molecule has 1 aliphatic heterocycles. The van der Waals surface area contributed by atoms with E-state index in [9.17, 15) is 4.79 Å². The van der Waals surface area contributed by atoms with Crippen LogP contribution in [0.4, 0.5) is 0 Å². The van der Waals surface area contributed by atoms with E-state index in [0.29, 0.717) is 19.8 Å². The zero-order valence-corrected chi connectivity index (χ0v) is 9.88. The standard InChI is InChI=1S/C8H16N2O2S.ClH/c1-2-12-4-3-9-8(11)7-5-13-6-10-7;/h7,10H,2-6H2,1H3,(H,9,11);1H. The number of amides is 1. The monoisotopic (exact) mass is 240 g/mol. The second-order valence-electron chi connectivity index (χ2n) is 2.76. The summed E-state index contributed by atoms with van der Waals surface area (Å²) in [6, 6.07) is -0.00775. The lowest BCUT2D eigenvalue weighted by Crippen LogP contribution is -2.43. The third kappa shape index (κ3) is 5.05. The molecular weight excluding hydrogens is 224 g/mol. The summed E-state index contributed by atoms with van der Waals surface area (Å²) < 4.78 is 5.11. The summed E-state index contributed by atoms with van der Waals surface area (Å²) in [6.07, 6.45) is 0. The predicted octanol–water partition coefficient (Wildman–Crippen LogP) is 0.223. The molecule has 0 aromatic heterocycles. The Labute approximate surface area is 94.9 Å². The first-order chi connectivity index (χ1) is 6.34. The van der Waals surface area contributed by atoms with Crippen molar-refractivity contribution in [1.29, 1.82) is 0 Å². The second kappa shape index (κ2) is 8.35. The topological polar surface area (TPSA) is 50.4 Å². The van der Waals surface area contributed by atoms with E-state index in [1.807, 2.05) is 6.92 Å². The molecule has 6 heteroatoms. The molecule has 0 bridgehead atoms. The number of rotatable bonds is 5. The Bertz CT molecular complexity index is 165. The summed E-state index contributed by atoms with van der Waals surface area (Å²) in [5.41, 5.74) is 0. The molecule has 1 rings (SSSR count). The highest BCUT2D eigenvalue weighted by Gasteiger charge is 2.21. The Hall–Kier alpha value is 0.0300. The van der Waals surface area contributed by atoms with Crippen LogP contribution in [0.25, 0.3) is 0 Å². The van der Waals surface area contributed by atoms with Gasteiger partial charge in [0.2, 0.25) is 5.91 Å². The van der Waals surface area contributed by atoms with Gasteiger partial charge in [-0.25, -0.2) is 0 Å². The molecule has 1 amide bonds. The number of thioether (sulfide) groups is 1. The van der Waals surface area contributed by atoms with Crippen LogP contribution in [0.2, 0.25) is 0 Å². The minimum Gasteiger partial charge on any atom is -0.380 e. The third-order valence-corrected chi connectivity index (χ3v) is 2.72. The molecule has 1 atom stereocenters. The quantitative estimate of drug-likeness (QED) is 0.676. The number of nitrogens with one attached hydrogen (secondary N) is 2. The van der Waals surface area contributed by atoms with E-state index in [-0.39, 0.29) is 24.4 Å². The molecule has 84 valence electrons. The first-order valence-corrected chi connectivity index (χ1v) is 5.66. The Morgan fingerprint density at radius 2 is 2.50 bits per heavy atom. The fraction of sp³-hybridized carbons (Fsp3) is 0.875. The van der Waals surface area contributed by atoms with Crippen LogP contribution in [-0.4, -0.2) is 43.3 Å². The Morgan fingerprint density at radius 3 is 3.07 bits per heavy atom. The molecule has 0 aliphatic carbocycles. The number of halogens is 1. The molecule has 1 fully saturated rings. The van der Waals surface area contributed by atoms with Gasteiger partial charge in [0.15, 0.2) is 0 Å². The smallest absolute Gasteiger partial charge is 0.238 e. The van der Waals surface area contributed by atoms with Gasteiger partial charge in [0, 0.05) is 24.8 Å². The van der Waals surface area contributed by atoms with E-state index in [0.717, 1.165) is 11.6 Å². The van der Waals surface area contributed by atoms with Gasteiger partial charge in [-0.05, 0) is 6.92 Å². The van der Waals surface area contributed by atoms with Gasteiger partial charge in [-0.3, -0.25) is 10.1 Å². The highest BCUT2D eigenvalue weighted by molar-refractivity contribution is 7.99. The third-order valence-electron chi connectivity index (χ3n) is 1.78. The van der Waals surface area contributed by atoms with Crippen LogP contribution in [0.1, 0.15) is 6.92 Å². The van der Waals surface area contributed by atoms with Crippen LogP contribution < -0.4 is 10.6 Å². The molecule has 0 aromatic carbocycles. The minimum absolute atomic E-state index is 0. The van der Waals surface area contributed by atoms with Crippen molar-refractivity contribution < 1.29 is 9.53 Å². The van der Waals surface area contributed by atoms with Gasteiger partial charge in [0.05, 0.1) is 12.6 Å². The molecule has 0 saturated carbocycles. The van der Waals surface area contributed by atoms with Crippen LogP contribution in [0, 0.1) is 0 Å². The van der Waals surface area contributed by atoms with Crippen LogP contribution in [0.15, 0.2) is 0 Å². The van der Waals surface area contributed by atoms with Crippen molar-refractivity contribution >= 4 is 30.1 Å². The Morgan fingerprint density at radius 1 is 1.71 bits per heavy atom. The van der Waals surface area contributed by atoms with E-state index < -0.39 is 0 Å². The first-order valence-electron chi connectivity index (χ1n) is 4.51. The van der Waals surface area contributed by atoms with Crippen LogP contribution in [0.5, 0.6) is 0 Å². The van der Waals surface area contributed by atoms with Crippen molar-refractivity contribution in [2.24, 2.45) is 0 Å². The van der Waals surface area contributed by atoms with Gasteiger partial charge in [0.25, 0.3) is 0 Å². The molecule has 2 N–H and O–H groups in total. The molecule has 0 spiro atoms. The van der Waals surface area contributed by atoms with Crippen LogP contribution in [-0.2, 0) is 9.53 Å². The van der Waals surface area contributed by atoms with Crippen molar-refractivity contribution in [3.63, 3.8) is 0 Å². The lowest BCUT2D eigenvalue weighted by Gasteiger charge is -2.09. The van der Waals surface area contributed by atoms with Gasteiger partial charge >= 0.3 is 0 Å². The van der Waals surface area contributed by atoms with Crippen molar-refractivity contribution in [3.05, 3.63) is 0 Å². The van der Waals surface area contributed by atoms with Crippen molar-refractivity contribution in [3.8, 4) is 0 Å². The van der Waals surface area contributed by atoms with Crippen LogP contribution in [0.3, 0.4) is 0 Å². The van der Waals surface area contributed by atoms with Crippen molar-refractivity contribution in [1.82, 2.24) is 10.6 Å². The van der Waals surface area contributed by atoms with Gasteiger partial charge < -0.3 is 10.1 Å². The number of ether oxygens (including phenoxy) is 1. The average Bonchev–Trinajstić information content (AvgIpc) is 2.65. The summed E-state index contributed by atoms with van der Waals surface area (Å²) in [5.74, 6) is 1.84. The molecule has 4 nitrogen and oxygen atoms in total. The first kappa shape index (κ1) is 14.0. The number of carbonyl (C=O) groups excluding carboxylic acids is 1. The molecule has 1 unspecified atom stereocenters. The highest BCUT2D eigenvalue weighted by Crippen LogP contribution is 2.08. The predicted molar refractivity (Wildman–Crippen MR) is 61.0 cm³/mol. The van der Waals surface area contributed by atoms with E-state index in [4.69, 9.17) is 4.74 Å². The molecule has 0 radical (unpaired) electrons. The van der Waals surface area contributed by atoms with Gasteiger partial charge in [-0.15, -0.1) is 24.2 Å². The zero-order chi connectivity index (χ0) is 9.52. The summed E-state index contributed by atoms with van der Waals surface area (Å²) >= 11 is 1.75. The summed E-state index contributed by atoms with van der Waals surface area (Å²) in [4.78, 5) is 11.4. The summed E-state index contributed by atoms with van der Waals surface area (Å²) in [6.45, 7) is 3.85. The molecule has 1 saturated heterocycles. The molecule has 1 aliphatic rings. The second-order valence-corrected chi connectivity index (χ2v) is 3.79. The van der Waals surface area contributed by atoms with E-state index in [1.165, 1.54) is 0 Å². The maximum absolute atomic E-state index is 11.4. The average molecular weight is 241 g/mol. The lowest BCUT2D eigenvalue weighted by atomic mass is 10.3. The molecule has 14 heavy (non-hydrogen) atoms. The van der Waals surface area contributed by atoms with Crippen LogP contribution >= 0.6 is 24.2 Å². The molecular formula is C8H17ClN2O2S.